The number of likely N-dealkylation sites (N-methyl/N-ethyl adjacent to an activating group) is 1. The van der Waals surface area contributed by atoms with Crippen LogP contribution in [-0.4, -0.2) is 59.7 Å². The third-order valence-electron chi connectivity index (χ3n) is 3.27. The van der Waals surface area contributed by atoms with Gasteiger partial charge in [0, 0.05) is 32.6 Å². The van der Waals surface area contributed by atoms with Crippen molar-refractivity contribution in [3.05, 3.63) is 0 Å². The Balaban J connectivity index is 1.61. The number of hydrogen-bond donors (Lipinski definition) is 0. The fourth-order valence-corrected chi connectivity index (χ4v) is 2.85. The number of amides is 1. The van der Waals surface area contributed by atoms with Crippen LogP contribution in [0.3, 0.4) is 0 Å². The van der Waals surface area contributed by atoms with Gasteiger partial charge in [-0.3, -0.25) is 4.79 Å². The molecule has 0 unspecified atom stereocenters. The quantitative estimate of drug-likeness (QED) is 0.722. The van der Waals surface area contributed by atoms with Crippen LogP contribution in [0.2, 0.25) is 0 Å². The number of carbonyl (C=O) groups excluding carboxylic acids is 1. The molecule has 0 saturated carbocycles. The molecule has 0 radical (unpaired) electrons. The summed E-state index contributed by atoms with van der Waals surface area (Å²) < 4.78 is 0. The zero-order valence-electron chi connectivity index (χ0n) is 11.4. The predicted molar refractivity (Wildman–Crippen MR) is 73.9 cm³/mol. The Bertz CT molecular complexity index is 365. The van der Waals surface area contributed by atoms with E-state index in [0.717, 1.165) is 38.4 Å². The lowest BCUT2D eigenvalue weighted by atomic mass is 10.2. The molecule has 106 valence electrons. The maximum absolute atomic E-state index is 12.0. The first-order valence-corrected chi connectivity index (χ1v) is 7.52. The molecule has 2 rings (SSSR count). The first kappa shape index (κ1) is 14.4. The SMILES string of the molecule is CN1CCN(C(=O)CCCSC2(C)N=NN=N2)CC1. The van der Waals surface area contributed by atoms with Gasteiger partial charge < -0.3 is 9.80 Å². The van der Waals surface area contributed by atoms with E-state index in [0.29, 0.717) is 6.42 Å². The summed E-state index contributed by atoms with van der Waals surface area (Å²) in [4.78, 5) is 15.6. The Hall–Kier alpha value is -1.02. The molecule has 7 nitrogen and oxygen atoms in total. The molecule has 2 aliphatic heterocycles. The van der Waals surface area contributed by atoms with Crippen LogP contribution in [0.15, 0.2) is 20.7 Å². The number of thioether (sulfide) groups is 1. The molecular formula is C11H20N6OS. The second-order valence-electron chi connectivity index (χ2n) is 4.95. The van der Waals surface area contributed by atoms with Crippen LogP contribution >= 0.6 is 11.8 Å². The van der Waals surface area contributed by atoms with Gasteiger partial charge in [0.05, 0.1) is 0 Å². The van der Waals surface area contributed by atoms with Crippen molar-refractivity contribution in [2.45, 2.75) is 24.8 Å². The average Bonchev–Trinajstić information content (AvgIpc) is 2.83. The van der Waals surface area contributed by atoms with Gasteiger partial charge >= 0.3 is 0 Å². The van der Waals surface area contributed by atoms with Crippen molar-refractivity contribution in [3.8, 4) is 0 Å². The summed E-state index contributed by atoms with van der Waals surface area (Å²) in [6.07, 6.45) is 1.44. The van der Waals surface area contributed by atoms with Gasteiger partial charge in [-0.25, -0.2) is 0 Å². The van der Waals surface area contributed by atoms with E-state index in [9.17, 15) is 4.79 Å². The lowest BCUT2D eigenvalue weighted by Crippen LogP contribution is -2.47. The Labute approximate surface area is 117 Å². The maximum Gasteiger partial charge on any atom is 0.237 e. The molecule has 8 heteroatoms. The molecule has 2 aliphatic rings. The number of piperazine rings is 1. The van der Waals surface area contributed by atoms with Gasteiger partial charge in [0.25, 0.3) is 0 Å². The minimum absolute atomic E-state index is 0.258. The first-order chi connectivity index (χ1) is 9.09. The van der Waals surface area contributed by atoms with Crippen molar-refractivity contribution in [1.29, 1.82) is 0 Å². The van der Waals surface area contributed by atoms with Gasteiger partial charge in [0.2, 0.25) is 10.9 Å². The van der Waals surface area contributed by atoms with Crippen LogP contribution in [0, 0.1) is 0 Å². The van der Waals surface area contributed by atoms with Crippen LogP contribution in [0.5, 0.6) is 0 Å². The number of nitrogens with zero attached hydrogens (tertiary/aromatic N) is 6. The molecule has 0 bridgehead atoms. The van der Waals surface area contributed by atoms with Crippen molar-refractivity contribution < 1.29 is 4.79 Å². The monoisotopic (exact) mass is 284 g/mol. The third-order valence-corrected chi connectivity index (χ3v) is 4.47. The van der Waals surface area contributed by atoms with E-state index in [1.165, 1.54) is 0 Å². The molecule has 0 N–H and O–H groups in total. The summed E-state index contributed by atoms with van der Waals surface area (Å²) in [5.41, 5.74) is 0. The molecule has 0 aromatic heterocycles. The second kappa shape index (κ2) is 6.42. The molecule has 0 atom stereocenters. The van der Waals surface area contributed by atoms with Gasteiger partial charge in [0.15, 0.2) is 0 Å². The highest BCUT2D eigenvalue weighted by molar-refractivity contribution is 8.00. The fourth-order valence-electron chi connectivity index (χ4n) is 1.99. The topological polar surface area (TPSA) is 73.0 Å². The average molecular weight is 284 g/mol. The highest BCUT2D eigenvalue weighted by Crippen LogP contribution is 2.32. The molecule has 0 aromatic rings. The van der Waals surface area contributed by atoms with E-state index in [1.54, 1.807) is 11.8 Å². The normalized spacial score (nSPS) is 22.1. The van der Waals surface area contributed by atoms with Crippen molar-refractivity contribution >= 4 is 17.7 Å². The molecule has 19 heavy (non-hydrogen) atoms. The number of hydrogen-bond acceptors (Lipinski definition) is 7. The zero-order valence-corrected chi connectivity index (χ0v) is 12.3. The Kier molecular flexibility index (Phi) is 4.87. The van der Waals surface area contributed by atoms with Gasteiger partial charge in [-0.15, -0.1) is 22.0 Å². The standard InChI is InChI=1S/C11H20N6OS/c1-11(12-14-15-13-11)19-9-3-4-10(18)17-7-5-16(2)6-8-17/h3-9H2,1-2H3. The lowest BCUT2D eigenvalue weighted by molar-refractivity contribution is -0.132. The summed E-state index contributed by atoms with van der Waals surface area (Å²) >= 11 is 1.58. The summed E-state index contributed by atoms with van der Waals surface area (Å²) in [5, 5.41) is 14.9. The molecule has 1 saturated heterocycles. The number of rotatable bonds is 5. The highest BCUT2D eigenvalue weighted by atomic mass is 32.2. The Morgan fingerprint density at radius 1 is 1.21 bits per heavy atom. The van der Waals surface area contributed by atoms with Crippen LogP contribution in [0.25, 0.3) is 0 Å². The van der Waals surface area contributed by atoms with Gasteiger partial charge in [-0.1, -0.05) is 0 Å². The van der Waals surface area contributed by atoms with Crippen molar-refractivity contribution in [2.75, 3.05) is 39.0 Å². The van der Waals surface area contributed by atoms with Crippen LogP contribution in [0.4, 0.5) is 0 Å². The van der Waals surface area contributed by atoms with E-state index in [-0.39, 0.29) is 5.91 Å². The lowest BCUT2D eigenvalue weighted by Gasteiger charge is -2.32. The zero-order chi connectivity index (χ0) is 13.7. The fraction of sp³-hybridized carbons (Fsp3) is 0.909. The summed E-state index contributed by atoms with van der Waals surface area (Å²) in [5.74, 6) is 1.10. The number of carbonyl (C=O) groups is 1. The molecule has 1 amide bonds. The molecule has 0 aromatic carbocycles. The minimum Gasteiger partial charge on any atom is -0.340 e. The maximum atomic E-state index is 12.0. The Morgan fingerprint density at radius 3 is 2.47 bits per heavy atom. The van der Waals surface area contributed by atoms with Crippen LogP contribution in [-0.2, 0) is 4.79 Å². The summed E-state index contributed by atoms with van der Waals surface area (Å²) in [7, 11) is 2.09. The van der Waals surface area contributed by atoms with Gasteiger partial charge in [-0.05, 0) is 36.6 Å². The van der Waals surface area contributed by atoms with Crippen molar-refractivity contribution in [2.24, 2.45) is 20.7 Å². The highest BCUT2D eigenvalue weighted by Gasteiger charge is 2.27. The van der Waals surface area contributed by atoms with Crippen molar-refractivity contribution in [1.82, 2.24) is 9.80 Å². The van der Waals surface area contributed by atoms with E-state index >= 15 is 0 Å². The van der Waals surface area contributed by atoms with Crippen LogP contribution < -0.4 is 0 Å². The van der Waals surface area contributed by atoms with Gasteiger partial charge in [0.1, 0.15) is 0 Å². The predicted octanol–water partition coefficient (Wildman–Crippen LogP) is 1.78. The second-order valence-corrected chi connectivity index (χ2v) is 6.42. The summed E-state index contributed by atoms with van der Waals surface area (Å²) in [6.45, 7) is 5.52. The Morgan fingerprint density at radius 2 is 1.84 bits per heavy atom. The van der Waals surface area contributed by atoms with Crippen LogP contribution in [0.1, 0.15) is 19.8 Å². The smallest absolute Gasteiger partial charge is 0.237 e. The largest absolute Gasteiger partial charge is 0.340 e. The molecule has 1 fully saturated rings. The van der Waals surface area contributed by atoms with E-state index in [4.69, 9.17) is 0 Å². The van der Waals surface area contributed by atoms with E-state index in [2.05, 4.69) is 32.6 Å². The molecular weight excluding hydrogens is 264 g/mol. The molecule has 2 heterocycles. The van der Waals surface area contributed by atoms with E-state index in [1.807, 2.05) is 11.8 Å². The molecule has 0 spiro atoms. The summed E-state index contributed by atoms with van der Waals surface area (Å²) in [6, 6.07) is 0. The van der Waals surface area contributed by atoms with Gasteiger partial charge in [-0.2, -0.15) is 0 Å². The first-order valence-electron chi connectivity index (χ1n) is 6.53. The van der Waals surface area contributed by atoms with Crippen molar-refractivity contribution in [3.63, 3.8) is 0 Å². The third kappa shape index (κ3) is 4.24. The molecule has 0 aliphatic carbocycles. The minimum atomic E-state index is -0.573. The van der Waals surface area contributed by atoms with E-state index < -0.39 is 4.99 Å².